The van der Waals surface area contributed by atoms with E-state index < -0.39 is 4.92 Å². The molecule has 0 saturated carbocycles. The predicted octanol–water partition coefficient (Wildman–Crippen LogP) is 3.28. The van der Waals surface area contributed by atoms with Gasteiger partial charge in [-0.3, -0.25) is 10.1 Å². The Labute approximate surface area is 115 Å². The van der Waals surface area contributed by atoms with Crippen LogP contribution in [0.15, 0.2) is 42.6 Å². The molecule has 0 unspecified atom stereocenters. The van der Waals surface area contributed by atoms with Crippen LogP contribution in [-0.4, -0.2) is 17.0 Å². The summed E-state index contributed by atoms with van der Waals surface area (Å²) >= 11 is 5.92. The Morgan fingerprint density at radius 2 is 2.16 bits per heavy atom. The van der Waals surface area contributed by atoms with Crippen molar-refractivity contribution in [3.05, 3.63) is 63.3 Å². The van der Waals surface area contributed by atoms with Gasteiger partial charge in [-0.1, -0.05) is 23.7 Å². The summed E-state index contributed by atoms with van der Waals surface area (Å²) in [6.45, 7) is 0.630. The van der Waals surface area contributed by atoms with Crippen molar-refractivity contribution < 1.29 is 4.92 Å². The maximum atomic E-state index is 10.5. The van der Waals surface area contributed by atoms with E-state index in [-0.39, 0.29) is 5.69 Å². The van der Waals surface area contributed by atoms with Crippen molar-refractivity contribution >= 4 is 23.1 Å². The van der Waals surface area contributed by atoms with E-state index in [9.17, 15) is 10.1 Å². The highest BCUT2D eigenvalue weighted by molar-refractivity contribution is 6.30. The second kappa shape index (κ2) is 5.67. The van der Waals surface area contributed by atoms with E-state index in [1.54, 1.807) is 6.07 Å². The average molecular weight is 278 g/mol. The third-order valence-corrected chi connectivity index (χ3v) is 2.88. The molecule has 5 nitrogen and oxygen atoms in total. The molecule has 0 aliphatic heterocycles. The maximum Gasteiger partial charge on any atom is 0.287 e. The molecule has 0 aliphatic carbocycles. The van der Waals surface area contributed by atoms with Gasteiger partial charge in [-0.05, 0) is 23.8 Å². The van der Waals surface area contributed by atoms with Gasteiger partial charge in [0.05, 0.1) is 4.92 Å². The van der Waals surface area contributed by atoms with Crippen LogP contribution in [0, 0.1) is 10.1 Å². The average Bonchev–Trinajstić information content (AvgIpc) is 2.39. The monoisotopic (exact) mass is 277 g/mol. The summed E-state index contributed by atoms with van der Waals surface area (Å²) in [6.07, 6.45) is 1.25. The van der Waals surface area contributed by atoms with Crippen molar-refractivity contribution in [3.8, 4) is 0 Å². The molecule has 19 heavy (non-hydrogen) atoms. The summed E-state index contributed by atoms with van der Waals surface area (Å²) < 4.78 is 0. The van der Waals surface area contributed by atoms with Gasteiger partial charge in [0.25, 0.3) is 5.69 Å². The number of nitro groups is 1. The lowest BCUT2D eigenvalue weighted by molar-refractivity contribution is -0.385. The minimum Gasteiger partial charge on any atom is -0.355 e. The van der Waals surface area contributed by atoms with Crippen LogP contribution in [-0.2, 0) is 6.54 Å². The molecule has 0 spiro atoms. The van der Waals surface area contributed by atoms with Gasteiger partial charge in [0.15, 0.2) is 0 Å². The Morgan fingerprint density at radius 1 is 1.37 bits per heavy atom. The van der Waals surface area contributed by atoms with E-state index in [1.165, 1.54) is 12.3 Å². The first-order chi connectivity index (χ1) is 9.06. The number of aromatic nitrogens is 1. The zero-order valence-electron chi connectivity index (χ0n) is 10.3. The van der Waals surface area contributed by atoms with Crippen LogP contribution in [0.25, 0.3) is 0 Å². The summed E-state index contributed by atoms with van der Waals surface area (Å²) in [5, 5.41) is 11.2. The van der Waals surface area contributed by atoms with Gasteiger partial charge in [-0.25, -0.2) is 4.98 Å². The fourth-order valence-corrected chi connectivity index (χ4v) is 1.92. The van der Waals surface area contributed by atoms with Crippen LogP contribution in [0.2, 0.25) is 5.02 Å². The molecule has 0 fully saturated rings. The summed E-state index contributed by atoms with van der Waals surface area (Å²) in [4.78, 5) is 16.1. The molecule has 0 atom stereocenters. The van der Waals surface area contributed by atoms with Gasteiger partial charge in [0, 0.05) is 24.7 Å². The molecule has 0 N–H and O–H groups in total. The van der Waals surface area contributed by atoms with Crippen LogP contribution in [0.5, 0.6) is 0 Å². The fourth-order valence-electron chi connectivity index (χ4n) is 1.70. The Bertz CT molecular complexity index is 587. The summed E-state index contributed by atoms with van der Waals surface area (Å²) in [6, 6.07) is 10.6. The van der Waals surface area contributed by atoms with E-state index >= 15 is 0 Å². The molecule has 2 rings (SSSR count). The molecule has 1 aromatic heterocycles. The largest absolute Gasteiger partial charge is 0.355 e. The molecule has 0 radical (unpaired) electrons. The standard InChI is InChI=1S/C13H12ClN3O2/c1-16(9-10-3-2-4-11(14)7-10)13-6-5-12(8-15-13)17(18)19/h2-8H,9H2,1H3. The van der Waals surface area contributed by atoms with Crippen LogP contribution in [0.3, 0.4) is 0 Å². The van der Waals surface area contributed by atoms with Crippen molar-refractivity contribution in [3.63, 3.8) is 0 Å². The lowest BCUT2D eigenvalue weighted by atomic mass is 10.2. The van der Waals surface area contributed by atoms with Gasteiger partial charge in [-0.15, -0.1) is 0 Å². The number of hydrogen-bond acceptors (Lipinski definition) is 4. The van der Waals surface area contributed by atoms with Gasteiger partial charge in [0.2, 0.25) is 0 Å². The first kappa shape index (κ1) is 13.3. The summed E-state index contributed by atoms with van der Waals surface area (Å²) in [5.41, 5.74) is 1.04. The van der Waals surface area contributed by atoms with Gasteiger partial charge < -0.3 is 4.90 Å². The maximum absolute atomic E-state index is 10.5. The number of anilines is 1. The molecule has 0 amide bonds. The van der Waals surface area contributed by atoms with Crippen LogP contribution in [0.4, 0.5) is 11.5 Å². The molecule has 6 heteroatoms. The Kier molecular flexibility index (Phi) is 3.97. The molecular formula is C13H12ClN3O2. The molecule has 0 bridgehead atoms. The third-order valence-electron chi connectivity index (χ3n) is 2.64. The van der Waals surface area contributed by atoms with Gasteiger partial charge >= 0.3 is 0 Å². The smallest absolute Gasteiger partial charge is 0.287 e. The van der Waals surface area contributed by atoms with Crippen molar-refractivity contribution in [2.75, 3.05) is 11.9 Å². The minimum atomic E-state index is -0.465. The molecule has 1 heterocycles. The second-order valence-corrected chi connectivity index (χ2v) is 4.55. The Morgan fingerprint density at radius 3 is 2.74 bits per heavy atom. The number of benzene rings is 1. The van der Waals surface area contributed by atoms with E-state index in [4.69, 9.17) is 11.6 Å². The molecule has 0 saturated heterocycles. The predicted molar refractivity (Wildman–Crippen MR) is 74.5 cm³/mol. The summed E-state index contributed by atoms with van der Waals surface area (Å²) in [7, 11) is 1.87. The SMILES string of the molecule is CN(Cc1cccc(Cl)c1)c1ccc([N+](=O)[O-])cn1. The van der Waals surface area contributed by atoms with Crippen molar-refractivity contribution in [2.24, 2.45) is 0 Å². The summed E-state index contributed by atoms with van der Waals surface area (Å²) in [5.74, 6) is 0.672. The lowest BCUT2D eigenvalue weighted by Gasteiger charge is -2.18. The zero-order chi connectivity index (χ0) is 13.8. The number of nitrogens with zero attached hydrogens (tertiary/aromatic N) is 3. The van der Waals surface area contributed by atoms with E-state index in [1.807, 2.05) is 36.2 Å². The van der Waals surface area contributed by atoms with Crippen molar-refractivity contribution in [2.45, 2.75) is 6.54 Å². The number of rotatable bonds is 4. The van der Waals surface area contributed by atoms with Gasteiger partial charge in [-0.2, -0.15) is 0 Å². The van der Waals surface area contributed by atoms with E-state index in [0.29, 0.717) is 17.4 Å². The van der Waals surface area contributed by atoms with Crippen molar-refractivity contribution in [1.82, 2.24) is 4.98 Å². The minimum absolute atomic E-state index is 0.0140. The normalized spacial score (nSPS) is 10.2. The highest BCUT2D eigenvalue weighted by Crippen LogP contribution is 2.18. The number of halogens is 1. The molecule has 2 aromatic rings. The zero-order valence-corrected chi connectivity index (χ0v) is 11.0. The Balaban J connectivity index is 2.11. The van der Waals surface area contributed by atoms with Crippen LogP contribution in [0.1, 0.15) is 5.56 Å². The lowest BCUT2D eigenvalue weighted by Crippen LogP contribution is -2.17. The van der Waals surface area contributed by atoms with Crippen molar-refractivity contribution in [1.29, 1.82) is 0 Å². The Hall–Kier alpha value is -2.14. The first-order valence-electron chi connectivity index (χ1n) is 5.62. The quantitative estimate of drug-likeness (QED) is 0.636. The molecule has 1 aromatic carbocycles. The second-order valence-electron chi connectivity index (χ2n) is 4.12. The number of hydrogen-bond donors (Lipinski definition) is 0. The number of pyridine rings is 1. The molecular weight excluding hydrogens is 266 g/mol. The molecule has 0 aliphatic rings. The van der Waals surface area contributed by atoms with Gasteiger partial charge in [0.1, 0.15) is 12.0 Å². The van der Waals surface area contributed by atoms with E-state index in [0.717, 1.165) is 5.56 Å². The highest BCUT2D eigenvalue weighted by atomic mass is 35.5. The van der Waals surface area contributed by atoms with Crippen LogP contribution < -0.4 is 4.90 Å². The highest BCUT2D eigenvalue weighted by Gasteiger charge is 2.08. The third kappa shape index (κ3) is 3.42. The van der Waals surface area contributed by atoms with Crippen LogP contribution >= 0.6 is 11.6 Å². The first-order valence-corrected chi connectivity index (χ1v) is 6.00. The van der Waals surface area contributed by atoms with E-state index in [2.05, 4.69) is 4.98 Å². The topological polar surface area (TPSA) is 59.3 Å². The fraction of sp³-hybridized carbons (Fsp3) is 0.154. The molecule has 98 valence electrons.